The fourth-order valence-electron chi connectivity index (χ4n) is 5.12. The van der Waals surface area contributed by atoms with Crippen LogP contribution in [0.15, 0.2) is 36.8 Å². The molecular formula is C21H28N4O. The van der Waals surface area contributed by atoms with Gasteiger partial charge in [-0.2, -0.15) is 5.10 Å². The molecule has 3 fully saturated rings. The summed E-state index contributed by atoms with van der Waals surface area (Å²) in [4.78, 5) is 19.3. The number of rotatable bonds is 6. The maximum Gasteiger partial charge on any atom is 0.226 e. The number of fused-ring (bicyclic) bond motifs is 1. The first-order valence-corrected chi connectivity index (χ1v) is 9.71. The number of hydrogen-bond acceptors (Lipinski definition) is 3. The summed E-state index contributed by atoms with van der Waals surface area (Å²) in [6.45, 7) is 5.08. The molecule has 0 saturated heterocycles. The third-order valence-electron chi connectivity index (χ3n) is 6.45. The van der Waals surface area contributed by atoms with E-state index in [-0.39, 0.29) is 11.3 Å². The van der Waals surface area contributed by atoms with Gasteiger partial charge in [0.25, 0.3) is 0 Å². The predicted molar refractivity (Wildman–Crippen MR) is 101 cm³/mol. The van der Waals surface area contributed by atoms with Crippen molar-refractivity contribution >= 4 is 5.91 Å². The molecule has 3 aliphatic rings. The van der Waals surface area contributed by atoms with Crippen molar-refractivity contribution in [3.63, 3.8) is 0 Å². The van der Waals surface area contributed by atoms with Gasteiger partial charge in [0.15, 0.2) is 0 Å². The van der Waals surface area contributed by atoms with Crippen LogP contribution in [-0.4, -0.2) is 39.2 Å². The van der Waals surface area contributed by atoms with Gasteiger partial charge >= 0.3 is 0 Å². The number of carbonyl (C=O) groups excluding carboxylic acids is 1. The smallest absolute Gasteiger partial charge is 0.226 e. The lowest BCUT2D eigenvalue weighted by atomic mass is 9.58. The van der Waals surface area contributed by atoms with Crippen LogP contribution >= 0.6 is 0 Å². The normalized spacial score (nSPS) is 26.8. The molecule has 0 radical (unpaired) electrons. The Labute approximate surface area is 155 Å². The monoisotopic (exact) mass is 352 g/mol. The molecule has 5 rings (SSSR count). The Morgan fingerprint density at radius 2 is 2.08 bits per heavy atom. The molecule has 0 spiro atoms. The standard InChI is InChI=1S/C21H28N4O/c1-15(2)25-18(7-12-23-25)21-9-4-17(14-21)19(21)20(26)24(3)13-8-16-5-10-22-11-6-16/h5-7,10-12,15,17,19H,4,8-9,13-14H2,1-3H3. The molecule has 3 aliphatic carbocycles. The van der Waals surface area contributed by atoms with Crippen molar-refractivity contribution in [2.24, 2.45) is 11.8 Å². The van der Waals surface area contributed by atoms with Crippen LogP contribution in [0.2, 0.25) is 0 Å². The maximum absolute atomic E-state index is 13.3. The first-order chi connectivity index (χ1) is 12.5. The maximum atomic E-state index is 13.3. The van der Waals surface area contributed by atoms with Gasteiger partial charge < -0.3 is 4.90 Å². The van der Waals surface area contributed by atoms with Crippen LogP contribution in [0.25, 0.3) is 0 Å². The first kappa shape index (κ1) is 17.3. The summed E-state index contributed by atoms with van der Waals surface area (Å²) in [5, 5.41) is 4.53. The van der Waals surface area contributed by atoms with Crippen LogP contribution in [0.5, 0.6) is 0 Å². The average Bonchev–Trinajstić information content (AvgIpc) is 3.34. The number of hydrogen-bond donors (Lipinski definition) is 0. The Morgan fingerprint density at radius 3 is 2.77 bits per heavy atom. The molecule has 2 aromatic heterocycles. The summed E-state index contributed by atoms with van der Waals surface area (Å²) in [6, 6.07) is 6.51. The SMILES string of the molecule is CC(C)n1nccc1C12CCC(C1)C2C(=O)N(C)CCc1ccncc1. The third kappa shape index (κ3) is 2.65. The van der Waals surface area contributed by atoms with E-state index in [1.54, 1.807) is 0 Å². The van der Waals surface area contributed by atoms with Gasteiger partial charge in [-0.25, -0.2) is 0 Å². The van der Waals surface area contributed by atoms with Crippen LogP contribution in [-0.2, 0) is 16.6 Å². The quantitative estimate of drug-likeness (QED) is 0.802. The molecule has 0 aromatic carbocycles. The zero-order valence-electron chi connectivity index (χ0n) is 15.9. The number of likely N-dealkylation sites (N-methyl/N-ethyl adjacent to an activating group) is 1. The molecule has 3 atom stereocenters. The number of aromatic nitrogens is 3. The number of amides is 1. The van der Waals surface area contributed by atoms with E-state index < -0.39 is 0 Å². The van der Waals surface area contributed by atoms with Gasteiger partial charge in [-0.15, -0.1) is 0 Å². The van der Waals surface area contributed by atoms with Crippen molar-refractivity contribution in [2.75, 3.05) is 13.6 Å². The van der Waals surface area contributed by atoms with Crippen LogP contribution < -0.4 is 0 Å². The molecular weight excluding hydrogens is 324 g/mol. The molecule has 5 heteroatoms. The molecule has 3 unspecified atom stereocenters. The molecule has 5 nitrogen and oxygen atoms in total. The lowest BCUT2D eigenvalue weighted by Gasteiger charge is -2.48. The predicted octanol–water partition coefficient (Wildman–Crippen LogP) is 3.23. The van der Waals surface area contributed by atoms with E-state index in [1.807, 2.05) is 42.7 Å². The highest BCUT2D eigenvalue weighted by Gasteiger charge is 2.64. The summed E-state index contributed by atoms with van der Waals surface area (Å²) in [7, 11) is 1.95. The summed E-state index contributed by atoms with van der Waals surface area (Å²) >= 11 is 0. The zero-order chi connectivity index (χ0) is 18.3. The second-order valence-corrected chi connectivity index (χ2v) is 8.26. The van der Waals surface area contributed by atoms with Crippen molar-refractivity contribution < 1.29 is 4.79 Å². The minimum absolute atomic E-state index is 0.00739. The molecule has 2 heterocycles. The third-order valence-corrected chi connectivity index (χ3v) is 6.45. The van der Waals surface area contributed by atoms with Crippen LogP contribution in [0.1, 0.15) is 50.4 Å². The van der Waals surface area contributed by atoms with Gasteiger partial charge in [0.2, 0.25) is 5.91 Å². The Bertz CT molecular complexity index is 780. The summed E-state index contributed by atoms with van der Waals surface area (Å²) in [5.41, 5.74) is 2.50. The van der Waals surface area contributed by atoms with Gasteiger partial charge in [0, 0.05) is 49.3 Å². The van der Waals surface area contributed by atoms with E-state index in [9.17, 15) is 4.79 Å². The Morgan fingerprint density at radius 1 is 1.31 bits per heavy atom. The van der Waals surface area contributed by atoms with Crippen LogP contribution in [0.4, 0.5) is 0 Å². The zero-order valence-corrected chi connectivity index (χ0v) is 15.9. The molecule has 26 heavy (non-hydrogen) atoms. The fourth-order valence-corrected chi connectivity index (χ4v) is 5.12. The lowest BCUT2D eigenvalue weighted by molar-refractivity contribution is -0.142. The van der Waals surface area contributed by atoms with E-state index in [0.717, 1.165) is 32.2 Å². The van der Waals surface area contributed by atoms with E-state index in [2.05, 4.69) is 34.7 Å². The van der Waals surface area contributed by atoms with Crippen LogP contribution in [0, 0.1) is 11.8 Å². The van der Waals surface area contributed by atoms with Crippen molar-refractivity contribution in [1.29, 1.82) is 0 Å². The van der Waals surface area contributed by atoms with Gasteiger partial charge in [0.1, 0.15) is 0 Å². The minimum Gasteiger partial charge on any atom is -0.345 e. The molecule has 138 valence electrons. The number of nitrogens with zero attached hydrogens (tertiary/aromatic N) is 4. The number of carbonyl (C=O) groups is 1. The topological polar surface area (TPSA) is 51.0 Å². The highest BCUT2D eigenvalue weighted by Crippen LogP contribution is 2.64. The van der Waals surface area contributed by atoms with Crippen molar-refractivity contribution in [1.82, 2.24) is 19.7 Å². The Hall–Kier alpha value is -2.17. The van der Waals surface area contributed by atoms with E-state index in [1.165, 1.54) is 11.3 Å². The highest BCUT2D eigenvalue weighted by atomic mass is 16.2. The second kappa shape index (κ2) is 6.53. The van der Waals surface area contributed by atoms with Gasteiger partial charge in [-0.3, -0.25) is 14.5 Å². The molecule has 0 aliphatic heterocycles. The van der Waals surface area contributed by atoms with E-state index in [4.69, 9.17) is 0 Å². The first-order valence-electron chi connectivity index (χ1n) is 9.71. The summed E-state index contributed by atoms with van der Waals surface area (Å²) in [6.07, 6.45) is 9.81. The average molecular weight is 352 g/mol. The van der Waals surface area contributed by atoms with Crippen molar-refractivity contribution in [2.45, 2.75) is 51.0 Å². The Kier molecular flexibility index (Phi) is 4.33. The molecule has 0 N–H and O–H groups in total. The molecule has 1 amide bonds. The highest BCUT2D eigenvalue weighted by molar-refractivity contribution is 5.82. The summed E-state index contributed by atoms with van der Waals surface area (Å²) in [5.74, 6) is 0.977. The van der Waals surface area contributed by atoms with Gasteiger partial charge in [-0.05, 0) is 69.2 Å². The van der Waals surface area contributed by atoms with E-state index >= 15 is 0 Å². The molecule has 2 aromatic rings. The lowest BCUT2D eigenvalue weighted by Crippen LogP contribution is -2.53. The molecule has 3 saturated carbocycles. The number of pyridine rings is 1. The van der Waals surface area contributed by atoms with Gasteiger partial charge in [-0.1, -0.05) is 0 Å². The van der Waals surface area contributed by atoms with Crippen LogP contribution in [0.3, 0.4) is 0 Å². The fraction of sp³-hybridized carbons (Fsp3) is 0.571. The summed E-state index contributed by atoms with van der Waals surface area (Å²) < 4.78 is 2.12. The van der Waals surface area contributed by atoms with Gasteiger partial charge in [0.05, 0.1) is 5.92 Å². The molecule has 2 bridgehead atoms. The van der Waals surface area contributed by atoms with Crippen molar-refractivity contribution in [3.8, 4) is 0 Å². The Balaban J connectivity index is 1.50. The minimum atomic E-state index is 0.00739. The van der Waals surface area contributed by atoms with Crippen molar-refractivity contribution in [3.05, 3.63) is 48.0 Å². The second-order valence-electron chi connectivity index (χ2n) is 8.26. The largest absolute Gasteiger partial charge is 0.345 e. The van der Waals surface area contributed by atoms with E-state index in [0.29, 0.717) is 17.9 Å².